The standard InChI is InChI=1S/C14H15N3O4S/c1-17-13(5-6-15-17)22(20,21)16-12-8-10-4-2-3-9(10)7-11(12)14(18)19/h5-8,16H,2-4H2,1H3,(H,18,19). The summed E-state index contributed by atoms with van der Waals surface area (Å²) < 4.78 is 28.4. The minimum atomic E-state index is -3.89. The number of hydrogen-bond acceptors (Lipinski definition) is 4. The second-order valence-electron chi connectivity index (χ2n) is 5.22. The number of nitrogens with zero attached hydrogens (tertiary/aromatic N) is 2. The lowest BCUT2D eigenvalue weighted by atomic mass is 10.0. The van der Waals surface area contributed by atoms with Crippen LogP contribution in [0.4, 0.5) is 5.69 Å². The van der Waals surface area contributed by atoms with Crippen LogP contribution in [0.15, 0.2) is 29.4 Å². The highest BCUT2D eigenvalue weighted by molar-refractivity contribution is 7.92. The molecule has 2 N–H and O–H groups in total. The van der Waals surface area contributed by atoms with E-state index in [4.69, 9.17) is 0 Å². The monoisotopic (exact) mass is 321 g/mol. The zero-order valence-electron chi connectivity index (χ0n) is 11.9. The predicted octanol–water partition coefficient (Wildman–Crippen LogP) is 1.41. The van der Waals surface area contributed by atoms with Crippen molar-refractivity contribution in [1.82, 2.24) is 9.78 Å². The maximum absolute atomic E-state index is 12.4. The number of sulfonamides is 1. The van der Waals surface area contributed by atoms with Crippen molar-refractivity contribution in [1.29, 1.82) is 0 Å². The van der Waals surface area contributed by atoms with Crippen LogP contribution in [-0.2, 0) is 29.9 Å². The molecule has 0 saturated heterocycles. The summed E-state index contributed by atoms with van der Waals surface area (Å²) in [5, 5.41) is 13.1. The second kappa shape index (κ2) is 5.13. The summed E-state index contributed by atoms with van der Waals surface area (Å²) >= 11 is 0. The highest BCUT2D eigenvalue weighted by Crippen LogP contribution is 2.30. The number of hydrogen-bond donors (Lipinski definition) is 2. The van der Waals surface area contributed by atoms with Gasteiger partial charge in [0.1, 0.15) is 0 Å². The molecule has 7 nitrogen and oxygen atoms in total. The fourth-order valence-electron chi connectivity index (χ4n) is 2.71. The van der Waals surface area contributed by atoms with Crippen molar-refractivity contribution in [3.8, 4) is 0 Å². The summed E-state index contributed by atoms with van der Waals surface area (Å²) in [4.78, 5) is 11.4. The Morgan fingerprint density at radius 3 is 2.59 bits per heavy atom. The van der Waals surface area contributed by atoms with Gasteiger partial charge in [0.15, 0.2) is 5.03 Å². The van der Waals surface area contributed by atoms with Crippen molar-refractivity contribution in [3.05, 3.63) is 41.1 Å². The number of benzene rings is 1. The summed E-state index contributed by atoms with van der Waals surface area (Å²) in [5.74, 6) is -1.16. The minimum absolute atomic E-state index is 0.0238. The molecule has 22 heavy (non-hydrogen) atoms. The Morgan fingerprint density at radius 2 is 2.00 bits per heavy atom. The molecule has 0 aliphatic heterocycles. The molecule has 1 aromatic carbocycles. The SMILES string of the molecule is Cn1nccc1S(=O)(=O)Nc1cc2c(cc1C(=O)O)CCC2. The normalized spacial score (nSPS) is 13.9. The van der Waals surface area contributed by atoms with Crippen LogP contribution < -0.4 is 4.72 Å². The third-order valence-electron chi connectivity index (χ3n) is 3.76. The number of aromatic carboxylic acids is 1. The summed E-state index contributed by atoms with van der Waals surface area (Å²) in [6.07, 6.45) is 3.97. The lowest BCUT2D eigenvalue weighted by molar-refractivity contribution is 0.0698. The van der Waals surface area contributed by atoms with E-state index in [1.807, 2.05) is 0 Å². The number of nitrogens with one attached hydrogen (secondary N) is 1. The summed E-state index contributed by atoms with van der Waals surface area (Å²) in [6, 6.07) is 4.54. The summed E-state index contributed by atoms with van der Waals surface area (Å²) in [6.45, 7) is 0. The first-order valence-corrected chi connectivity index (χ1v) is 8.27. The van der Waals surface area contributed by atoms with Crippen LogP contribution >= 0.6 is 0 Å². The number of carbonyl (C=O) groups is 1. The fraction of sp³-hybridized carbons (Fsp3) is 0.286. The number of anilines is 1. The van der Waals surface area contributed by atoms with E-state index in [-0.39, 0.29) is 16.3 Å². The van der Waals surface area contributed by atoms with Gasteiger partial charge in [-0.05, 0) is 48.6 Å². The van der Waals surface area contributed by atoms with Gasteiger partial charge in [-0.1, -0.05) is 0 Å². The number of aromatic nitrogens is 2. The zero-order valence-corrected chi connectivity index (χ0v) is 12.7. The van der Waals surface area contributed by atoms with Crippen molar-refractivity contribution < 1.29 is 18.3 Å². The number of rotatable bonds is 4. The number of carboxylic acid groups (broad SMARTS) is 1. The lowest BCUT2D eigenvalue weighted by Crippen LogP contribution is -2.18. The van der Waals surface area contributed by atoms with Gasteiger partial charge in [0.05, 0.1) is 17.4 Å². The van der Waals surface area contributed by atoms with Gasteiger partial charge >= 0.3 is 5.97 Å². The Labute approximate surface area is 127 Å². The lowest BCUT2D eigenvalue weighted by Gasteiger charge is -2.12. The van der Waals surface area contributed by atoms with E-state index in [1.165, 1.54) is 24.0 Å². The number of carboxylic acids is 1. The third-order valence-corrected chi connectivity index (χ3v) is 5.20. The maximum Gasteiger partial charge on any atom is 0.337 e. The molecule has 0 fully saturated rings. The Morgan fingerprint density at radius 1 is 1.32 bits per heavy atom. The Bertz CT molecular complexity index is 855. The van der Waals surface area contributed by atoms with Gasteiger partial charge in [0, 0.05) is 7.05 Å². The van der Waals surface area contributed by atoms with E-state index in [0.717, 1.165) is 30.4 Å². The molecule has 1 heterocycles. The van der Waals surface area contributed by atoms with E-state index >= 15 is 0 Å². The molecule has 0 amide bonds. The Kier molecular flexibility index (Phi) is 3.40. The van der Waals surface area contributed by atoms with Gasteiger partial charge in [0.25, 0.3) is 10.0 Å². The average molecular weight is 321 g/mol. The first kappa shape index (κ1) is 14.6. The molecule has 8 heteroatoms. The minimum Gasteiger partial charge on any atom is -0.478 e. The molecule has 1 aromatic heterocycles. The third kappa shape index (κ3) is 2.45. The second-order valence-corrected chi connectivity index (χ2v) is 6.85. The molecule has 0 bridgehead atoms. The van der Waals surface area contributed by atoms with Crippen molar-refractivity contribution in [2.24, 2.45) is 7.05 Å². The number of aryl methyl sites for hydroxylation is 3. The Balaban J connectivity index is 2.05. The van der Waals surface area contributed by atoms with Crippen molar-refractivity contribution in [3.63, 3.8) is 0 Å². The molecule has 0 saturated carbocycles. The van der Waals surface area contributed by atoms with E-state index in [0.29, 0.717) is 0 Å². The van der Waals surface area contributed by atoms with Gasteiger partial charge in [-0.3, -0.25) is 9.40 Å². The maximum atomic E-state index is 12.4. The van der Waals surface area contributed by atoms with Gasteiger partial charge in [-0.2, -0.15) is 13.5 Å². The van der Waals surface area contributed by atoms with Crippen LogP contribution in [0.2, 0.25) is 0 Å². The van der Waals surface area contributed by atoms with Crippen molar-refractivity contribution in [2.45, 2.75) is 24.3 Å². The summed E-state index contributed by atoms with van der Waals surface area (Å²) in [7, 11) is -2.38. The first-order valence-electron chi connectivity index (χ1n) is 6.78. The molecule has 0 radical (unpaired) electrons. The molecule has 116 valence electrons. The van der Waals surface area contributed by atoms with Crippen LogP contribution in [-0.4, -0.2) is 29.3 Å². The van der Waals surface area contributed by atoms with Gasteiger partial charge in [-0.15, -0.1) is 0 Å². The molecule has 0 atom stereocenters. The van der Waals surface area contributed by atoms with Gasteiger partial charge in [0.2, 0.25) is 0 Å². The zero-order chi connectivity index (χ0) is 15.9. The first-order chi connectivity index (χ1) is 10.4. The molecule has 3 rings (SSSR count). The van der Waals surface area contributed by atoms with Gasteiger partial charge in [-0.25, -0.2) is 4.79 Å². The van der Waals surface area contributed by atoms with Crippen LogP contribution in [0, 0.1) is 0 Å². The van der Waals surface area contributed by atoms with E-state index in [9.17, 15) is 18.3 Å². The fourth-order valence-corrected chi connectivity index (χ4v) is 3.91. The van der Waals surface area contributed by atoms with Crippen LogP contribution in [0.1, 0.15) is 27.9 Å². The van der Waals surface area contributed by atoms with Crippen molar-refractivity contribution >= 4 is 21.7 Å². The van der Waals surface area contributed by atoms with Crippen LogP contribution in [0.25, 0.3) is 0 Å². The average Bonchev–Trinajstić information content (AvgIpc) is 3.05. The van der Waals surface area contributed by atoms with Gasteiger partial charge < -0.3 is 5.11 Å². The van der Waals surface area contributed by atoms with Crippen molar-refractivity contribution in [2.75, 3.05) is 4.72 Å². The quantitative estimate of drug-likeness (QED) is 0.886. The largest absolute Gasteiger partial charge is 0.478 e. The molecular formula is C14H15N3O4S. The topological polar surface area (TPSA) is 101 Å². The molecule has 0 spiro atoms. The predicted molar refractivity (Wildman–Crippen MR) is 79.4 cm³/mol. The number of fused-ring (bicyclic) bond motifs is 1. The molecule has 2 aromatic rings. The van der Waals surface area contributed by atoms with Crippen LogP contribution in [0.3, 0.4) is 0 Å². The molecular weight excluding hydrogens is 306 g/mol. The smallest absolute Gasteiger partial charge is 0.337 e. The summed E-state index contributed by atoms with van der Waals surface area (Å²) in [5.41, 5.74) is 2.02. The van der Waals surface area contributed by atoms with E-state index in [1.54, 1.807) is 12.1 Å². The Hall–Kier alpha value is -2.35. The molecule has 1 aliphatic carbocycles. The van der Waals surface area contributed by atoms with E-state index < -0.39 is 16.0 Å². The highest BCUT2D eigenvalue weighted by Gasteiger charge is 2.24. The van der Waals surface area contributed by atoms with E-state index in [2.05, 4.69) is 9.82 Å². The molecule has 0 unspecified atom stereocenters. The van der Waals surface area contributed by atoms with Crippen LogP contribution in [0.5, 0.6) is 0 Å². The highest BCUT2D eigenvalue weighted by atomic mass is 32.2. The molecule has 1 aliphatic rings.